The Morgan fingerprint density at radius 1 is 1.04 bits per heavy atom. The van der Waals surface area contributed by atoms with E-state index in [2.05, 4.69) is 5.32 Å². The lowest BCUT2D eigenvalue weighted by Crippen LogP contribution is -2.39. The van der Waals surface area contributed by atoms with Crippen molar-refractivity contribution < 1.29 is 9.59 Å². The van der Waals surface area contributed by atoms with Gasteiger partial charge in [0.05, 0.1) is 12.5 Å². The third kappa shape index (κ3) is 4.34. The van der Waals surface area contributed by atoms with Crippen molar-refractivity contribution in [1.82, 2.24) is 10.2 Å². The molecule has 0 aromatic heterocycles. The monoisotopic (exact) mass is 314 g/mol. The van der Waals surface area contributed by atoms with Crippen LogP contribution in [0, 0.1) is 5.92 Å². The summed E-state index contributed by atoms with van der Waals surface area (Å²) in [5, 5.41) is 3.01. The van der Waals surface area contributed by atoms with Crippen LogP contribution in [-0.2, 0) is 9.59 Å². The maximum Gasteiger partial charge on any atom is 0.226 e. The quantitative estimate of drug-likeness (QED) is 0.912. The molecule has 1 saturated carbocycles. The van der Waals surface area contributed by atoms with Crippen molar-refractivity contribution in [3.63, 3.8) is 0 Å². The van der Waals surface area contributed by atoms with E-state index < -0.39 is 0 Å². The van der Waals surface area contributed by atoms with Gasteiger partial charge in [0.2, 0.25) is 11.8 Å². The summed E-state index contributed by atoms with van der Waals surface area (Å²) in [6, 6.07) is 9.87. The predicted molar refractivity (Wildman–Crippen MR) is 89.7 cm³/mol. The highest BCUT2D eigenvalue weighted by Crippen LogP contribution is 2.35. The summed E-state index contributed by atoms with van der Waals surface area (Å²) in [6.45, 7) is 1.51. The van der Waals surface area contributed by atoms with Crippen LogP contribution in [0.2, 0.25) is 0 Å². The Morgan fingerprint density at radius 3 is 2.52 bits per heavy atom. The number of hydrogen-bond acceptors (Lipinski definition) is 2. The average Bonchev–Trinajstić information content (AvgIpc) is 3.40. The summed E-state index contributed by atoms with van der Waals surface area (Å²) in [5.74, 6) is 0.481. The van der Waals surface area contributed by atoms with Crippen molar-refractivity contribution in [3.8, 4) is 0 Å². The van der Waals surface area contributed by atoms with Gasteiger partial charge in [-0.1, -0.05) is 43.2 Å². The molecule has 0 spiro atoms. The topological polar surface area (TPSA) is 49.4 Å². The minimum absolute atomic E-state index is 0.0503. The van der Waals surface area contributed by atoms with Gasteiger partial charge < -0.3 is 10.2 Å². The third-order valence-corrected chi connectivity index (χ3v) is 4.80. The summed E-state index contributed by atoms with van der Waals surface area (Å²) in [5.41, 5.74) is 1.07. The maximum atomic E-state index is 12.8. The highest BCUT2D eigenvalue weighted by atomic mass is 16.2. The van der Waals surface area contributed by atoms with Crippen LogP contribution in [0.1, 0.15) is 56.6 Å². The van der Waals surface area contributed by atoms with Crippen LogP contribution in [0.15, 0.2) is 30.3 Å². The van der Waals surface area contributed by atoms with Gasteiger partial charge in [-0.05, 0) is 31.2 Å². The Labute approximate surface area is 138 Å². The van der Waals surface area contributed by atoms with Gasteiger partial charge in [-0.3, -0.25) is 9.59 Å². The minimum atomic E-state index is -0.137. The molecular formula is C19H26N2O2. The number of hydrogen-bond donors (Lipinski definition) is 1. The van der Waals surface area contributed by atoms with Gasteiger partial charge >= 0.3 is 0 Å². The molecule has 3 rings (SSSR count). The summed E-state index contributed by atoms with van der Waals surface area (Å²) < 4.78 is 0. The number of benzene rings is 1. The van der Waals surface area contributed by atoms with Crippen molar-refractivity contribution >= 4 is 11.8 Å². The van der Waals surface area contributed by atoms with Gasteiger partial charge in [0.25, 0.3) is 0 Å². The molecule has 1 unspecified atom stereocenters. The molecule has 1 saturated heterocycles. The Hall–Kier alpha value is -1.84. The average molecular weight is 314 g/mol. The summed E-state index contributed by atoms with van der Waals surface area (Å²) in [4.78, 5) is 27.1. The lowest BCUT2D eigenvalue weighted by Gasteiger charge is -2.32. The van der Waals surface area contributed by atoms with Gasteiger partial charge in [0.1, 0.15) is 0 Å². The van der Waals surface area contributed by atoms with Crippen LogP contribution in [0.25, 0.3) is 0 Å². The van der Waals surface area contributed by atoms with Crippen molar-refractivity contribution in [3.05, 3.63) is 35.9 Å². The van der Waals surface area contributed by atoms with Gasteiger partial charge in [-0.2, -0.15) is 0 Å². The molecule has 124 valence electrons. The molecule has 0 bridgehead atoms. The fourth-order valence-corrected chi connectivity index (χ4v) is 3.30. The molecule has 1 heterocycles. The van der Waals surface area contributed by atoms with Gasteiger partial charge in [-0.15, -0.1) is 0 Å². The lowest BCUT2D eigenvalue weighted by molar-refractivity contribution is -0.136. The number of amides is 2. The third-order valence-electron chi connectivity index (χ3n) is 4.80. The molecular weight excluding hydrogens is 288 g/mol. The second kappa shape index (κ2) is 7.62. The van der Waals surface area contributed by atoms with Crippen molar-refractivity contribution in [2.45, 2.75) is 51.0 Å². The van der Waals surface area contributed by atoms with E-state index in [4.69, 9.17) is 0 Å². The first kappa shape index (κ1) is 16.0. The number of nitrogens with one attached hydrogen (secondary N) is 1. The zero-order valence-corrected chi connectivity index (χ0v) is 13.7. The minimum Gasteiger partial charge on any atom is -0.356 e. The molecule has 0 radical (unpaired) electrons. The van der Waals surface area contributed by atoms with Crippen LogP contribution in [0.3, 0.4) is 0 Å². The normalized spacial score (nSPS) is 23.7. The number of nitrogens with zero attached hydrogens (tertiary/aromatic N) is 1. The molecule has 2 aliphatic rings. The smallest absolute Gasteiger partial charge is 0.226 e. The van der Waals surface area contributed by atoms with Crippen molar-refractivity contribution in [2.24, 2.45) is 5.92 Å². The number of rotatable bonds is 2. The highest BCUT2D eigenvalue weighted by molar-refractivity contribution is 5.83. The summed E-state index contributed by atoms with van der Waals surface area (Å²) >= 11 is 0. The van der Waals surface area contributed by atoms with Crippen LogP contribution >= 0.6 is 0 Å². The SMILES string of the molecule is O=C1CC(c2ccccc2)N(C(=O)C2CC2)CCCCCCN1. The largest absolute Gasteiger partial charge is 0.356 e. The molecule has 1 atom stereocenters. The number of carbonyl (C=O) groups is 2. The van der Waals surface area contributed by atoms with E-state index in [1.807, 2.05) is 35.2 Å². The van der Waals surface area contributed by atoms with Crippen LogP contribution in [0.5, 0.6) is 0 Å². The first-order valence-corrected chi connectivity index (χ1v) is 8.88. The zero-order chi connectivity index (χ0) is 16.1. The Bertz CT molecular complexity index is 540. The first-order valence-electron chi connectivity index (χ1n) is 8.88. The molecule has 4 heteroatoms. The second-order valence-corrected chi connectivity index (χ2v) is 6.70. The van der Waals surface area contributed by atoms with Crippen LogP contribution < -0.4 is 5.32 Å². The van der Waals surface area contributed by atoms with Gasteiger partial charge in [0.15, 0.2) is 0 Å². The fraction of sp³-hybridized carbons (Fsp3) is 0.579. The zero-order valence-electron chi connectivity index (χ0n) is 13.7. The molecule has 1 aliphatic carbocycles. The molecule has 2 fully saturated rings. The van der Waals surface area contributed by atoms with E-state index in [1.54, 1.807) is 0 Å². The molecule has 23 heavy (non-hydrogen) atoms. The molecule has 2 amide bonds. The van der Waals surface area contributed by atoms with E-state index in [0.717, 1.165) is 57.2 Å². The van der Waals surface area contributed by atoms with Gasteiger partial charge in [0, 0.05) is 19.0 Å². The second-order valence-electron chi connectivity index (χ2n) is 6.70. The summed E-state index contributed by atoms with van der Waals surface area (Å²) in [6.07, 6.45) is 6.65. The molecule has 1 aromatic rings. The highest BCUT2D eigenvalue weighted by Gasteiger charge is 2.37. The maximum absolute atomic E-state index is 12.8. The van der Waals surface area contributed by atoms with Crippen molar-refractivity contribution in [2.75, 3.05) is 13.1 Å². The molecule has 1 aliphatic heterocycles. The number of carbonyl (C=O) groups excluding carboxylic acids is 2. The molecule has 4 nitrogen and oxygen atoms in total. The Balaban J connectivity index is 1.86. The predicted octanol–water partition coefficient (Wildman–Crippen LogP) is 3.05. The molecule has 1 N–H and O–H groups in total. The van der Waals surface area contributed by atoms with Crippen molar-refractivity contribution in [1.29, 1.82) is 0 Å². The van der Waals surface area contributed by atoms with E-state index in [0.29, 0.717) is 6.42 Å². The Kier molecular flexibility index (Phi) is 5.31. The van der Waals surface area contributed by atoms with E-state index >= 15 is 0 Å². The van der Waals surface area contributed by atoms with Crippen LogP contribution in [-0.4, -0.2) is 29.8 Å². The fourth-order valence-electron chi connectivity index (χ4n) is 3.30. The van der Waals surface area contributed by atoms with E-state index in [1.165, 1.54) is 0 Å². The van der Waals surface area contributed by atoms with E-state index in [9.17, 15) is 9.59 Å². The lowest BCUT2D eigenvalue weighted by atomic mass is 10.00. The van der Waals surface area contributed by atoms with Crippen LogP contribution in [0.4, 0.5) is 0 Å². The van der Waals surface area contributed by atoms with Gasteiger partial charge in [-0.25, -0.2) is 0 Å². The Morgan fingerprint density at radius 2 is 1.78 bits per heavy atom. The standard InChI is InChI=1S/C19H26N2O2/c22-18-14-17(15-8-4-3-5-9-15)21(19(23)16-10-11-16)13-7-2-1-6-12-20-18/h3-5,8-9,16-17H,1-2,6-7,10-14H2,(H,20,22). The molecule has 1 aromatic carbocycles. The first-order chi connectivity index (χ1) is 11.3. The summed E-state index contributed by atoms with van der Waals surface area (Å²) in [7, 11) is 0. The van der Waals surface area contributed by atoms with E-state index in [-0.39, 0.29) is 23.8 Å².